The maximum absolute atomic E-state index is 11.6. The molecule has 18 heavy (non-hydrogen) atoms. The van der Waals surface area contributed by atoms with Crippen molar-refractivity contribution in [2.24, 2.45) is 0 Å². The topological polar surface area (TPSA) is 107 Å². The average molecular weight is 250 g/mol. The van der Waals surface area contributed by atoms with Crippen molar-refractivity contribution in [1.82, 2.24) is 19.6 Å². The molecule has 0 saturated heterocycles. The molecule has 0 bridgehead atoms. The van der Waals surface area contributed by atoms with Gasteiger partial charge in [0.2, 0.25) is 0 Å². The lowest BCUT2D eigenvalue weighted by Gasteiger charge is -2.05. The van der Waals surface area contributed by atoms with Gasteiger partial charge >= 0.3 is 11.9 Å². The lowest BCUT2D eigenvalue weighted by molar-refractivity contribution is 0.0523. The Hall–Kier alpha value is -2.51. The third-order valence-corrected chi connectivity index (χ3v) is 2.29. The van der Waals surface area contributed by atoms with Crippen LogP contribution in [0.2, 0.25) is 0 Å². The summed E-state index contributed by atoms with van der Waals surface area (Å²) in [7, 11) is 0. The monoisotopic (exact) mass is 250 g/mol. The van der Waals surface area contributed by atoms with Gasteiger partial charge in [-0.05, 0) is 13.8 Å². The van der Waals surface area contributed by atoms with E-state index >= 15 is 0 Å². The van der Waals surface area contributed by atoms with Crippen LogP contribution in [0.3, 0.4) is 0 Å². The highest BCUT2D eigenvalue weighted by molar-refractivity contribution is 5.90. The van der Waals surface area contributed by atoms with E-state index in [9.17, 15) is 9.59 Å². The zero-order chi connectivity index (χ0) is 13.3. The molecule has 2 rings (SSSR count). The van der Waals surface area contributed by atoms with Crippen LogP contribution >= 0.6 is 0 Å². The fourth-order valence-electron chi connectivity index (χ4n) is 1.44. The summed E-state index contributed by atoms with van der Waals surface area (Å²) in [5, 5.41) is 12.5. The Morgan fingerprint density at radius 2 is 2.22 bits per heavy atom. The highest BCUT2D eigenvalue weighted by atomic mass is 16.5. The number of aryl methyl sites for hydroxylation is 1. The van der Waals surface area contributed by atoms with Gasteiger partial charge in [-0.3, -0.25) is 0 Å². The lowest BCUT2D eigenvalue weighted by atomic mass is 10.2. The van der Waals surface area contributed by atoms with Crippen LogP contribution in [0.15, 0.2) is 6.20 Å². The third kappa shape index (κ3) is 1.88. The first-order valence-corrected chi connectivity index (χ1v) is 5.17. The number of aromatic nitrogens is 4. The van der Waals surface area contributed by atoms with Gasteiger partial charge in [0, 0.05) is 6.20 Å². The summed E-state index contributed by atoms with van der Waals surface area (Å²) in [5.74, 6) is -2.03. The van der Waals surface area contributed by atoms with Crippen LogP contribution in [-0.2, 0) is 4.74 Å². The molecular formula is C10H10N4O4. The van der Waals surface area contributed by atoms with Crippen LogP contribution in [0.1, 0.15) is 33.6 Å². The lowest BCUT2D eigenvalue weighted by Crippen LogP contribution is -2.11. The Morgan fingerprint density at radius 1 is 1.50 bits per heavy atom. The van der Waals surface area contributed by atoms with Crippen molar-refractivity contribution in [2.75, 3.05) is 6.61 Å². The fourth-order valence-corrected chi connectivity index (χ4v) is 1.44. The highest BCUT2D eigenvalue weighted by Gasteiger charge is 2.18. The van der Waals surface area contributed by atoms with Crippen molar-refractivity contribution in [2.45, 2.75) is 13.8 Å². The third-order valence-electron chi connectivity index (χ3n) is 2.29. The van der Waals surface area contributed by atoms with Gasteiger partial charge in [0.25, 0.3) is 11.6 Å². The molecule has 0 fully saturated rings. The van der Waals surface area contributed by atoms with E-state index in [0.717, 1.165) is 0 Å². The molecule has 8 nitrogen and oxygen atoms in total. The largest absolute Gasteiger partial charge is 0.475 e. The molecule has 2 aromatic rings. The number of hydrogen-bond acceptors (Lipinski definition) is 6. The molecular weight excluding hydrogens is 240 g/mol. The Morgan fingerprint density at radius 3 is 2.83 bits per heavy atom. The number of fused-ring (bicyclic) bond motifs is 1. The molecule has 0 aliphatic rings. The molecule has 1 N–H and O–H groups in total. The Balaban J connectivity index is 2.56. The van der Waals surface area contributed by atoms with Crippen molar-refractivity contribution < 1.29 is 19.4 Å². The van der Waals surface area contributed by atoms with Crippen molar-refractivity contribution >= 4 is 17.7 Å². The number of hydrogen-bond donors (Lipinski definition) is 1. The smallest absolute Gasteiger partial charge is 0.375 e. The number of carbonyl (C=O) groups excluding carboxylic acids is 1. The molecule has 94 valence electrons. The second-order valence-corrected chi connectivity index (χ2v) is 3.43. The molecule has 0 unspecified atom stereocenters. The Labute approximate surface area is 101 Å². The number of carboxylic acid groups (broad SMARTS) is 1. The van der Waals surface area contributed by atoms with E-state index in [4.69, 9.17) is 9.84 Å². The van der Waals surface area contributed by atoms with Crippen molar-refractivity contribution in [3.05, 3.63) is 23.3 Å². The standard InChI is InChI=1S/C10H10N4O4/c1-3-18-9(17)6-4-11-10-12-7(8(15)16)13-14(10)5(6)2/h4H,3H2,1-2H3,(H,15,16). The Kier molecular flexibility index (Phi) is 2.92. The van der Waals surface area contributed by atoms with Gasteiger partial charge < -0.3 is 9.84 Å². The van der Waals surface area contributed by atoms with Crippen LogP contribution in [0.25, 0.3) is 5.78 Å². The molecule has 8 heteroatoms. The molecule has 0 amide bonds. The van der Waals surface area contributed by atoms with Gasteiger partial charge in [-0.1, -0.05) is 0 Å². The average Bonchev–Trinajstić information content (AvgIpc) is 2.74. The summed E-state index contributed by atoms with van der Waals surface area (Å²) in [6.07, 6.45) is 1.29. The van der Waals surface area contributed by atoms with Gasteiger partial charge in [-0.25, -0.2) is 14.6 Å². The first-order chi connectivity index (χ1) is 8.54. The molecule has 2 heterocycles. The summed E-state index contributed by atoms with van der Waals surface area (Å²) >= 11 is 0. The second-order valence-electron chi connectivity index (χ2n) is 3.43. The normalized spacial score (nSPS) is 10.6. The second kappa shape index (κ2) is 4.40. The summed E-state index contributed by atoms with van der Waals surface area (Å²) < 4.78 is 6.06. The van der Waals surface area contributed by atoms with Crippen LogP contribution in [0.4, 0.5) is 0 Å². The number of rotatable bonds is 3. The predicted octanol–water partition coefficient (Wildman–Crippen LogP) is 0.308. The van der Waals surface area contributed by atoms with Gasteiger partial charge in [0.05, 0.1) is 17.9 Å². The van der Waals surface area contributed by atoms with Crippen LogP contribution < -0.4 is 0 Å². The number of ether oxygens (including phenoxy) is 1. The van der Waals surface area contributed by atoms with Crippen LogP contribution in [-0.4, -0.2) is 43.2 Å². The predicted molar refractivity (Wildman–Crippen MR) is 58.4 cm³/mol. The SMILES string of the molecule is CCOC(=O)c1cnc2nc(C(=O)O)nn2c1C. The molecule has 0 spiro atoms. The summed E-state index contributed by atoms with van der Waals surface area (Å²) in [4.78, 5) is 29.9. The van der Waals surface area contributed by atoms with E-state index in [0.29, 0.717) is 5.69 Å². The van der Waals surface area contributed by atoms with Crippen molar-refractivity contribution in [3.8, 4) is 0 Å². The first kappa shape index (κ1) is 12.0. The van der Waals surface area contributed by atoms with Gasteiger partial charge in [-0.15, -0.1) is 5.10 Å². The maximum Gasteiger partial charge on any atom is 0.375 e. The van der Waals surface area contributed by atoms with E-state index in [1.165, 1.54) is 10.7 Å². The molecule has 0 saturated carbocycles. The van der Waals surface area contributed by atoms with Crippen molar-refractivity contribution in [1.29, 1.82) is 0 Å². The minimum Gasteiger partial charge on any atom is -0.475 e. The van der Waals surface area contributed by atoms with Gasteiger partial charge in [0.15, 0.2) is 0 Å². The van der Waals surface area contributed by atoms with E-state index in [1.807, 2.05) is 0 Å². The highest BCUT2D eigenvalue weighted by Crippen LogP contribution is 2.10. The van der Waals surface area contributed by atoms with Gasteiger partial charge in [-0.2, -0.15) is 9.50 Å². The molecule has 0 aliphatic carbocycles. The number of carbonyl (C=O) groups is 2. The fraction of sp³-hybridized carbons (Fsp3) is 0.300. The van der Waals surface area contributed by atoms with Crippen LogP contribution in [0.5, 0.6) is 0 Å². The summed E-state index contributed by atoms with van der Waals surface area (Å²) in [6, 6.07) is 0. The van der Waals surface area contributed by atoms with Gasteiger partial charge in [0.1, 0.15) is 0 Å². The Bertz CT molecular complexity index is 634. The molecule has 0 aliphatic heterocycles. The summed E-state index contributed by atoms with van der Waals surface area (Å²) in [6.45, 7) is 3.55. The number of nitrogens with zero attached hydrogens (tertiary/aromatic N) is 4. The summed E-state index contributed by atoms with van der Waals surface area (Å²) in [5.41, 5.74) is 0.657. The van der Waals surface area contributed by atoms with E-state index in [2.05, 4.69) is 15.1 Å². The molecule has 0 aromatic carbocycles. The molecule has 0 atom stereocenters. The van der Waals surface area contributed by atoms with Crippen molar-refractivity contribution in [3.63, 3.8) is 0 Å². The first-order valence-electron chi connectivity index (χ1n) is 5.17. The minimum absolute atomic E-state index is 0.123. The van der Waals surface area contributed by atoms with Crippen LogP contribution in [0, 0.1) is 6.92 Å². The quantitative estimate of drug-likeness (QED) is 0.781. The van der Waals surface area contributed by atoms with E-state index in [1.54, 1.807) is 13.8 Å². The number of carboxylic acids is 1. The number of aromatic carboxylic acids is 1. The molecule has 0 radical (unpaired) electrons. The van der Waals surface area contributed by atoms with E-state index in [-0.39, 0.29) is 23.8 Å². The minimum atomic E-state index is -1.25. The zero-order valence-electron chi connectivity index (χ0n) is 9.75. The molecule has 2 aromatic heterocycles. The maximum atomic E-state index is 11.6. The van der Waals surface area contributed by atoms with E-state index < -0.39 is 11.9 Å². The number of esters is 1. The zero-order valence-corrected chi connectivity index (χ0v) is 9.75.